The van der Waals surface area contributed by atoms with Crippen LogP contribution in [-0.4, -0.2) is 43.1 Å². The largest absolute Gasteiger partial charge is 0.481 e. The highest BCUT2D eigenvalue weighted by Crippen LogP contribution is 2.18. The van der Waals surface area contributed by atoms with Gasteiger partial charge in [0.1, 0.15) is 5.75 Å². The molecule has 0 aromatic heterocycles. The summed E-state index contributed by atoms with van der Waals surface area (Å²) in [5, 5.41) is 3.88. The van der Waals surface area contributed by atoms with Crippen LogP contribution in [-0.2, 0) is 4.79 Å². The zero-order valence-electron chi connectivity index (χ0n) is 11.1. The van der Waals surface area contributed by atoms with Crippen molar-refractivity contribution in [2.75, 3.05) is 26.2 Å². The second kappa shape index (κ2) is 6.78. The predicted molar refractivity (Wildman–Crippen MR) is 75.6 cm³/mol. The molecule has 1 saturated heterocycles. The summed E-state index contributed by atoms with van der Waals surface area (Å²) in [7, 11) is 0. The fourth-order valence-electron chi connectivity index (χ4n) is 2.12. The summed E-state index contributed by atoms with van der Waals surface area (Å²) in [4.78, 5) is 14.1. The molecule has 0 radical (unpaired) electrons. The van der Waals surface area contributed by atoms with Gasteiger partial charge in [-0.1, -0.05) is 17.7 Å². The maximum atomic E-state index is 12.3. The SMILES string of the molecule is CC(Oc1cccc(Cl)c1)C(=O)N1CCCNCC1. The molecule has 1 aliphatic rings. The summed E-state index contributed by atoms with van der Waals surface area (Å²) in [6.07, 6.45) is 0.492. The van der Waals surface area contributed by atoms with Gasteiger partial charge in [-0.25, -0.2) is 0 Å². The van der Waals surface area contributed by atoms with E-state index in [-0.39, 0.29) is 5.91 Å². The molecule has 0 aliphatic carbocycles. The molecular formula is C14H19ClN2O2. The van der Waals surface area contributed by atoms with Crippen LogP contribution in [0, 0.1) is 0 Å². The number of nitrogens with zero attached hydrogens (tertiary/aromatic N) is 1. The van der Waals surface area contributed by atoms with Crippen LogP contribution in [0.5, 0.6) is 5.75 Å². The van der Waals surface area contributed by atoms with Crippen LogP contribution in [0.15, 0.2) is 24.3 Å². The van der Waals surface area contributed by atoms with E-state index in [1.165, 1.54) is 0 Å². The molecule has 2 rings (SSSR count). The second-order valence-corrected chi connectivity index (χ2v) is 5.08. The van der Waals surface area contributed by atoms with E-state index in [2.05, 4.69) is 5.32 Å². The van der Waals surface area contributed by atoms with Crippen molar-refractivity contribution in [2.45, 2.75) is 19.4 Å². The van der Waals surface area contributed by atoms with Gasteiger partial charge in [0.2, 0.25) is 0 Å². The minimum Gasteiger partial charge on any atom is -0.481 e. The van der Waals surface area contributed by atoms with Crippen molar-refractivity contribution in [1.29, 1.82) is 0 Å². The average Bonchev–Trinajstić information content (AvgIpc) is 2.66. The first kappa shape index (κ1) is 14.2. The maximum Gasteiger partial charge on any atom is 0.263 e. The Morgan fingerprint density at radius 1 is 1.42 bits per heavy atom. The summed E-state index contributed by atoms with van der Waals surface area (Å²) in [6.45, 7) is 5.11. The molecule has 0 spiro atoms. The molecule has 5 heteroatoms. The third-order valence-electron chi connectivity index (χ3n) is 3.11. The normalized spacial score (nSPS) is 17.7. The standard InChI is InChI=1S/C14H19ClN2O2/c1-11(19-13-5-2-4-12(15)10-13)14(18)17-8-3-6-16-7-9-17/h2,4-5,10-11,16H,3,6-9H2,1H3. The zero-order chi connectivity index (χ0) is 13.7. The molecule has 0 saturated carbocycles. The van der Waals surface area contributed by atoms with Gasteiger partial charge in [0, 0.05) is 24.7 Å². The molecule has 1 aliphatic heterocycles. The Kier molecular flexibility index (Phi) is 5.05. The molecule has 104 valence electrons. The first-order valence-corrected chi connectivity index (χ1v) is 6.96. The lowest BCUT2D eigenvalue weighted by Gasteiger charge is -2.24. The highest BCUT2D eigenvalue weighted by molar-refractivity contribution is 6.30. The fourth-order valence-corrected chi connectivity index (χ4v) is 2.30. The number of carbonyl (C=O) groups is 1. The van der Waals surface area contributed by atoms with Crippen molar-refractivity contribution < 1.29 is 9.53 Å². The van der Waals surface area contributed by atoms with E-state index in [4.69, 9.17) is 16.3 Å². The molecule has 1 aromatic carbocycles. The van der Waals surface area contributed by atoms with Crippen LogP contribution in [0.2, 0.25) is 5.02 Å². The number of amides is 1. The first-order valence-electron chi connectivity index (χ1n) is 6.58. The molecule has 1 fully saturated rings. The van der Waals surface area contributed by atoms with Gasteiger partial charge in [-0.3, -0.25) is 4.79 Å². The second-order valence-electron chi connectivity index (χ2n) is 4.65. The Morgan fingerprint density at radius 2 is 2.26 bits per heavy atom. The van der Waals surface area contributed by atoms with Gasteiger partial charge < -0.3 is 15.0 Å². The van der Waals surface area contributed by atoms with Gasteiger partial charge in [0.05, 0.1) is 0 Å². The lowest BCUT2D eigenvalue weighted by Crippen LogP contribution is -2.42. The van der Waals surface area contributed by atoms with Crippen LogP contribution < -0.4 is 10.1 Å². The summed E-state index contributed by atoms with van der Waals surface area (Å²) >= 11 is 5.89. The zero-order valence-corrected chi connectivity index (χ0v) is 11.8. The van der Waals surface area contributed by atoms with Gasteiger partial charge in [0.25, 0.3) is 5.91 Å². The van der Waals surface area contributed by atoms with E-state index >= 15 is 0 Å². The van der Waals surface area contributed by atoms with Crippen LogP contribution in [0.4, 0.5) is 0 Å². The van der Waals surface area contributed by atoms with E-state index in [1.54, 1.807) is 25.1 Å². The van der Waals surface area contributed by atoms with E-state index in [0.717, 1.165) is 32.6 Å². The van der Waals surface area contributed by atoms with E-state index in [9.17, 15) is 4.79 Å². The van der Waals surface area contributed by atoms with Gasteiger partial charge in [-0.05, 0) is 38.1 Å². The Balaban J connectivity index is 1.94. The number of halogens is 1. The van der Waals surface area contributed by atoms with Crippen molar-refractivity contribution in [2.24, 2.45) is 0 Å². The van der Waals surface area contributed by atoms with E-state index < -0.39 is 6.10 Å². The number of hydrogen-bond donors (Lipinski definition) is 1. The monoisotopic (exact) mass is 282 g/mol. The van der Waals surface area contributed by atoms with Crippen molar-refractivity contribution in [3.05, 3.63) is 29.3 Å². The highest BCUT2D eigenvalue weighted by Gasteiger charge is 2.22. The van der Waals surface area contributed by atoms with E-state index in [1.807, 2.05) is 11.0 Å². The minimum atomic E-state index is -0.489. The van der Waals surface area contributed by atoms with Crippen molar-refractivity contribution in [1.82, 2.24) is 10.2 Å². The summed E-state index contributed by atoms with van der Waals surface area (Å²) in [6, 6.07) is 7.11. The third-order valence-corrected chi connectivity index (χ3v) is 3.34. The molecule has 1 atom stereocenters. The summed E-state index contributed by atoms with van der Waals surface area (Å²) in [5.41, 5.74) is 0. The minimum absolute atomic E-state index is 0.0312. The number of ether oxygens (including phenoxy) is 1. The van der Waals surface area contributed by atoms with Crippen LogP contribution >= 0.6 is 11.6 Å². The molecule has 1 unspecified atom stereocenters. The first-order chi connectivity index (χ1) is 9.16. The molecular weight excluding hydrogens is 264 g/mol. The fraction of sp³-hybridized carbons (Fsp3) is 0.500. The summed E-state index contributed by atoms with van der Waals surface area (Å²) < 4.78 is 5.65. The summed E-state index contributed by atoms with van der Waals surface area (Å²) in [5.74, 6) is 0.657. The van der Waals surface area contributed by atoms with Crippen LogP contribution in [0.25, 0.3) is 0 Å². The molecule has 4 nitrogen and oxygen atoms in total. The average molecular weight is 283 g/mol. The Morgan fingerprint density at radius 3 is 3.05 bits per heavy atom. The van der Waals surface area contributed by atoms with E-state index in [0.29, 0.717) is 10.8 Å². The van der Waals surface area contributed by atoms with Crippen molar-refractivity contribution in [3.63, 3.8) is 0 Å². The quantitative estimate of drug-likeness (QED) is 0.921. The van der Waals surface area contributed by atoms with Crippen molar-refractivity contribution in [3.8, 4) is 5.75 Å². The number of benzene rings is 1. The van der Waals surface area contributed by atoms with Crippen LogP contribution in [0.1, 0.15) is 13.3 Å². The molecule has 1 amide bonds. The predicted octanol–water partition coefficient (Wildman–Crippen LogP) is 1.93. The van der Waals surface area contributed by atoms with Gasteiger partial charge in [0.15, 0.2) is 6.10 Å². The topological polar surface area (TPSA) is 41.6 Å². The lowest BCUT2D eigenvalue weighted by atomic mass is 10.3. The third kappa shape index (κ3) is 4.11. The number of carbonyl (C=O) groups excluding carboxylic acids is 1. The van der Waals surface area contributed by atoms with Gasteiger partial charge in [-0.2, -0.15) is 0 Å². The smallest absolute Gasteiger partial charge is 0.263 e. The lowest BCUT2D eigenvalue weighted by molar-refractivity contribution is -0.137. The van der Waals surface area contributed by atoms with Crippen LogP contribution in [0.3, 0.4) is 0 Å². The van der Waals surface area contributed by atoms with Gasteiger partial charge in [-0.15, -0.1) is 0 Å². The number of rotatable bonds is 3. The maximum absolute atomic E-state index is 12.3. The highest BCUT2D eigenvalue weighted by atomic mass is 35.5. The van der Waals surface area contributed by atoms with Crippen molar-refractivity contribution >= 4 is 17.5 Å². The molecule has 19 heavy (non-hydrogen) atoms. The Bertz CT molecular complexity index is 431. The molecule has 1 heterocycles. The molecule has 0 bridgehead atoms. The Labute approximate surface area is 118 Å². The molecule has 1 aromatic rings. The Hall–Kier alpha value is -1.26. The molecule has 1 N–H and O–H groups in total. The number of nitrogens with one attached hydrogen (secondary N) is 1. The number of hydrogen-bond acceptors (Lipinski definition) is 3. The van der Waals surface area contributed by atoms with Gasteiger partial charge >= 0.3 is 0 Å².